The molecule has 0 radical (unpaired) electrons. The molecule has 5 rings (SSSR count). The molecule has 0 aliphatic carbocycles. The average Bonchev–Trinajstić information content (AvgIpc) is 3.35. The smallest absolute Gasteiger partial charge is 0.247 e. The number of pyridine rings is 1. The van der Waals surface area contributed by atoms with E-state index in [1.54, 1.807) is 30.5 Å². The highest BCUT2D eigenvalue weighted by Gasteiger charge is 2.17. The van der Waals surface area contributed by atoms with Crippen LogP contribution < -0.4 is 5.32 Å². The van der Waals surface area contributed by atoms with Crippen molar-refractivity contribution in [3.8, 4) is 16.9 Å². The number of halogens is 1. The summed E-state index contributed by atoms with van der Waals surface area (Å²) < 4.78 is 22.9. The number of phenols is 1. The van der Waals surface area contributed by atoms with Crippen LogP contribution in [-0.4, -0.2) is 42.7 Å². The Kier molecular flexibility index (Phi) is 4.36. The summed E-state index contributed by atoms with van der Waals surface area (Å²) in [6, 6.07) is 8.26. The molecule has 1 saturated heterocycles. The van der Waals surface area contributed by atoms with Crippen LogP contribution in [0.15, 0.2) is 48.9 Å². The fraction of sp³-hybridized carbons (Fsp3) is 0.250. The van der Waals surface area contributed by atoms with Gasteiger partial charge in [-0.15, -0.1) is 5.10 Å². The van der Waals surface area contributed by atoms with Crippen LogP contribution >= 0.6 is 0 Å². The lowest BCUT2D eigenvalue weighted by atomic mass is 10.1. The number of nitrogens with one attached hydrogen (secondary N) is 1. The minimum absolute atomic E-state index is 0.145. The monoisotopic (exact) mass is 394 g/mol. The zero-order valence-corrected chi connectivity index (χ0v) is 15.5. The van der Waals surface area contributed by atoms with Gasteiger partial charge in [-0.1, -0.05) is 12.1 Å². The molecule has 4 heterocycles. The first-order valence-electron chi connectivity index (χ1n) is 9.40. The van der Waals surface area contributed by atoms with Crippen molar-refractivity contribution >= 4 is 17.3 Å². The maximum Gasteiger partial charge on any atom is 0.247 e. The molecule has 0 spiro atoms. The summed E-state index contributed by atoms with van der Waals surface area (Å²) in [7, 11) is 0. The number of hydrogen-bond acceptors (Lipinski definition) is 6. The second kappa shape index (κ2) is 7.17. The molecule has 8 nitrogen and oxygen atoms in total. The number of benzene rings is 1. The van der Waals surface area contributed by atoms with E-state index in [2.05, 4.69) is 20.5 Å². The van der Waals surface area contributed by atoms with Crippen LogP contribution in [0, 0.1) is 5.82 Å². The first-order valence-corrected chi connectivity index (χ1v) is 9.40. The third kappa shape index (κ3) is 3.52. The predicted octanol–water partition coefficient (Wildman–Crippen LogP) is 3.53. The molecule has 1 fully saturated rings. The third-order valence-corrected chi connectivity index (χ3v) is 5.00. The molecule has 3 aromatic heterocycles. The first kappa shape index (κ1) is 17.6. The number of anilines is 2. The van der Waals surface area contributed by atoms with E-state index in [9.17, 15) is 9.50 Å². The van der Waals surface area contributed by atoms with Crippen molar-refractivity contribution in [1.29, 1.82) is 0 Å². The molecular weight excluding hydrogens is 375 g/mol. The quantitative estimate of drug-likeness (QED) is 0.550. The zero-order valence-electron chi connectivity index (χ0n) is 15.5. The van der Waals surface area contributed by atoms with Gasteiger partial charge in [0.25, 0.3) is 0 Å². The second-order valence-electron chi connectivity index (χ2n) is 7.00. The first-order chi connectivity index (χ1) is 14.2. The van der Waals surface area contributed by atoms with E-state index in [0.717, 1.165) is 37.3 Å². The summed E-state index contributed by atoms with van der Waals surface area (Å²) in [5.74, 6) is 0.0676. The second-order valence-corrected chi connectivity index (χ2v) is 7.00. The number of aromatic hydroxyl groups is 1. The van der Waals surface area contributed by atoms with Crippen LogP contribution in [-0.2, 0) is 4.74 Å². The lowest BCUT2D eigenvalue weighted by Gasteiger charge is -2.22. The Labute approximate surface area is 165 Å². The van der Waals surface area contributed by atoms with Crippen LogP contribution in [0.3, 0.4) is 0 Å². The molecule has 0 amide bonds. The van der Waals surface area contributed by atoms with Gasteiger partial charge in [-0.05, 0) is 36.6 Å². The Balaban J connectivity index is 1.45. The van der Waals surface area contributed by atoms with Gasteiger partial charge in [0, 0.05) is 25.0 Å². The van der Waals surface area contributed by atoms with Crippen LogP contribution in [0.5, 0.6) is 5.75 Å². The van der Waals surface area contributed by atoms with E-state index in [-0.39, 0.29) is 5.75 Å². The SMILES string of the molecule is Oc1ccc(-c2cc(F)cn3nc(Nc4cnn(C5CCOCC5)c4)nc23)cc1. The standard InChI is InChI=1S/C20H19FN6O2/c21-14-9-18(13-1-3-17(28)4-2-13)19-24-20(25-27(19)11-14)23-15-10-22-26(12-15)16-5-7-29-8-6-16/h1-4,9-12,16,28H,5-8H2,(H,23,25). The van der Waals surface area contributed by atoms with Crippen molar-refractivity contribution in [3.63, 3.8) is 0 Å². The maximum absolute atomic E-state index is 14.1. The Bertz CT molecular complexity index is 1150. The molecule has 9 heteroatoms. The van der Waals surface area contributed by atoms with Gasteiger partial charge in [-0.3, -0.25) is 4.68 Å². The largest absolute Gasteiger partial charge is 0.508 e. The molecule has 0 bridgehead atoms. The minimum atomic E-state index is -0.427. The van der Waals surface area contributed by atoms with Gasteiger partial charge in [0.2, 0.25) is 5.95 Å². The summed E-state index contributed by atoms with van der Waals surface area (Å²) in [6.45, 7) is 1.49. The van der Waals surface area contributed by atoms with Crippen molar-refractivity contribution in [2.24, 2.45) is 0 Å². The Morgan fingerprint density at radius 3 is 2.72 bits per heavy atom. The lowest BCUT2D eigenvalue weighted by molar-refractivity contribution is 0.0662. The molecule has 29 heavy (non-hydrogen) atoms. The lowest BCUT2D eigenvalue weighted by Crippen LogP contribution is -2.19. The predicted molar refractivity (Wildman–Crippen MR) is 105 cm³/mol. The number of phenolic OH excluding ortho intramolecular Hbond substituents is 1. The highest BCUT2D eigenvalue weighted by Crippen LogP contribution is 2.28. The van der Waals surface area contributed by atoms with Crippen LogP contribution in [0.1, 0.15) is 18.9 Å². The number of nitrogens with zero attached hydrogens (tertiary/aromatic N) is 5. The van der Waals surface area contributed by atoms with Gasteiger partial charge >= 0.3 is 0 Å². The van der Waals surface area contributed by atoms with E-state index in [1.165, 1.54) is 16.8 Å². The number of ether oxygens (including phenoxy) is 1. The Hall–Kier alpha value is -3.46. The summed E-state index contributed by atoms with van der Waals surface area (Å²) in [4.78, 5) is 4.52. The molecule has 1 aliphatic heterocycles. The summed E-state index contributed by atoms with van der Waals surface area (Å²) in [5.41, 5.74) is 2.59. The maximum atomic E-state index is 14.1. The average molecular weight is 394 g/mol. The van der Waals surface area contributed by atoms with Crippen molar-refractivity contribution in [2.75, 3.05) is 18.5 Å². The highest BCUT2D eigenvalue weighted by atomic mass is 19.1. The van der Waals surface area contributed by atoms with E-state index < -0.39 is 5.82 Å². The fourth-order valence-electron chi connectivity index (χ4n) is 3.54. The number of rotatable bonds is 4. The third-order valence-electron chi connectivity index (χ3n) is 5.00. The highest BCUT2D eigenvalue weighted by molar-refractivity contribution is 5.78. The van der Waals surface area contributed by atoms with Crippen LogP contribution in [0.2, 0.25) is 0 Å². The molecular formula is C20H19FN6O2. The van der Waals surface area contributed by atoms with E-state index >= 15 is 0 Å². The molecule has 1 aliphatic rings. The van der Waals surface area contributed by atoms with Crippen molar-refractivity contribution in [2.45, 2.75) is 18.9 Å². The number of aromatic nitrogens is 5. The molecule has 0 atom stereocenters. The normalized spacial score (nSPS) is 15.1. The summed E-state index contributed by atoms with van der Waals surface area (Å²) >= 11 is 0. The summed E-state index contributed by atoms with van der Waals surface area (Å²) in [5, 5.41) is 21.4. The van der Waals surface area contributed by atoms with Gasteiger partial charge in [0.1, 0.15) is 11.6 Å². The number of hydrogen-bond donors (Lipinski definition) is 2. The molecule has 0 saturated carbocycles. The summed E-state index contributed by atoms with van der Waals surface area (Å²) in [6.07, 6.45) is 6.79. The molecule has 0 unspecified atom stereocenters. The van der Waals surface area contributed by atoms with Crippen molar-refractivity contribution in [1.82, 2.24) is 24.4 Å². The van der Waals surface area contributed by atoms with E-state index in [1.807, 2.05) is 10.9 Å². The zero-order chi connectivity index (χ0) is 19.8. The molecule has 148 valence electrons. The van der Waals surface area contributed by atoms with Gasteiger partial charge in [-0.25, -0.2) is 8.91 Å². The Morgan fingerprint density at radius 2 is 1.93 bits per heavy atom. The fourth-order valence-corrected chi connectivity index (χ4v) is 3.54. The van der Waals surface area contributed by atoms with Crippen LogP contribution in [0.4, 0.5) is 16.0 Å². The van der Waals surface area contributed by atoms with Gasteiger partial charge in [0.05, 0.1) is 24.1 Å². The van der Waals surface area contributed by atoms with E-state index in [4.69, 9.17) is 4.74 Å². The Morgan fingerprint density at radius 1 is 1.14 bits per heavy atom. The molecule has 2 N–H and O–H groups in total. The van der Waals surface area contributed by atoms with Crippen molar-refractivity contribution < 1.29 is 14.2 Å². The van der Waals surface area contributed by atoms with Gasteiger partial charge in [-0.2, -0.15) is 10.1 Å². The van der Waals surface area contributed by atoms with E-state index in [0.29, 0.717) is 23.2 Å². The molecule has 4 aromatic rings. The topological polar surface area (TPSA) is 89.5 Å². The minimum Gasteiger partial charge on any atom is -0.508 e. The van der Waals surface area contributed by atoms with Gasteiger partial charge < -0.3 is 15.2 Å². The van der Waals surface area contributed by atoms with Gasteiger partial charge in [0.15, 0.2) is 5.65 Å². The van der Waals surface area contributed by atoms with Crippen LogP contribution in [0.25, 0.3) is 16.8 Å². The molecule has 1 aromatic carbocycles. The van der Waals surface area contributed by atoms with Crippen molar-refractivity contribution in [3.05, 3.63) is 54.7 Å². The number of fused-ring (bicyclic) bond motifs is 1.